The summed E-state index contributed by atoms with van der Waals surface area (Å²) >= 11 is 0. The minimum Gasteiger partial charge on any atom is -0.379 e. The van der Waals surface area contributed by atoms with Crippen molar-refractivity contribution in [1.29, 1.82) is 0 Å². The Morgan fingerprint density at radius 3 is 3.09 bits per heavy atom. The second-order valence-electron chi connectivity index (χ2n) is 6.41. The number of hydrogen-bond acceptors (Lipinski definition) is 6. The van der Waals surface area contributed by atoms with Crippen molar-refractivity contribution in [3.63, 3.8) is 0 Å². The monoisotopic (exact) mass is 314 g/mol. The predicted molar refractivity (Wildman–Crippen MR) is 88.9 cm³/mol. The number of H-pyrrole nitrogens is 1. The van der Waals surface area contributed by atoms with Gasteiger partial charge in [-0.05, 0) is 37.8 Å². The van der Waals surface area contributed by atoms with E-state index in [2.05, 4.69) is 31.3 Å². The third kappa shape index (κ3) is 2.65. The molecule has 0 radical (unpaired) electrons. The number of guanidine groups is 1. The van der Waals surface area contributed by atoms with Crippen molar-refractivity contribution in [2.24, 2.45) is 21.6 Å². The van der Waals surface area contributed by atoms with E-state index in [4.69, 9.17) is 10.5 Å². The third-order valence-electron chi connectivity index (χ3n) is 4.91. The molecular formula is C16H22N6O. The van der Waals surface area contributed by atoms with E-state index >= 15 is 0 Å². The molecule has 0 aliphatic carbocycles. The molecule has 122 valence electrons. The van der Waals surface area contributed by atoms with Gasteiger partial charge in [0.25, 0.3) is 0 Å². The smallest absolute Gasteiger partial charge is 0.217 e. The number of aromatic amines is 1. The average molecular weight is 314 g/mol. The van der Waals surface area contributed by atoms with Gasteiger partial charge >= 0.3 is 0 Å². The van der Waals surface area contributed by atoms with Gasteiger partial charge in [-0.2, -0.15) is 5.10 Å². The Morgan fingerprint density at radius 2 is 2.35 bits per heavy atom. The molecule has 3 aliphatic heterocycles. The Kier molecular flexibility index (Phi) is 3.65. The molecule has 0 bridgehead atoms. The van der Waals surface area contributed by atoms with Crippen LogP contribution in [0.2, 0.25) is 0 Å². The van der Waals surface area contributed by atoms with Crippen LogP contribution in [-0.4, -0.2) is 52.2 Å². The van der Waals surface area contributed by atoms with Crippen molar-refractivity contribution < 1.29 is 4.74 Å². The van der Waals surface area contributed by atoms with Gasteiger partial charge in [-0.1, -0.05) is 0 Å². The zero-order valence-corrected chi connectivity index (χ0v) is 13.3. The van der Waals surface area contributed by atoms with Crippen molar-refractivity contribution in [1.82, 2.24) is 15.1 Å². The molecule has 7 heteroatoms. The molecule has 3 aliphatic rings. The molecule has 23 heavy (non-hydrogen) atoms. The number of nitrogens with zero attached hydrogens (tertiary/aromatic N) is 4. The molecule has 1 saturated heterocycles. The maximum atomic E-state index is 5.92. The lowest BCUT2D eigenvalue weighted by atomic mass is 9.86. The van der Waals surface area contributed by atoms with Crippen molar-refractivity contribution >= 4 is 17.2 Å². The van der Waals surface area contributed by atoms with E-state index in [0.717, 1.165) is 43.9 Å². The first-order valence-corrected chi connectivity index (χ1v) is 8.16. The predicted octanol–water partition coefficient (Wildman–Crippen LogP) is 1.37. The fourth-order valence-electron chi connectivity index (χ4n) is 3.70. The van der Waals surface area contributed by atoms with Crippen LogP contribution in [0.1, 0.15) is 31.9 Å². The van der Waals surface area contributed by atoms with Gasteiger partial charge in [-0.3, -0.25) is 5.10 Å². The van der Waals surface area contributed by atoms with Crippen LogP contribution in [0.15, 0.2) is 28.4 Å². The summed E-state index contributed by atoms with van der Waals surface area (Å²) in [5.41, 5.74) is 9.26. The number of hydrogen-bond donors (Lipinski definition) is 2. The maximum Gasteiger partial charge on any atom is 0.217 e. The van der Waals surface area contributed by atoms with E-state index in [-0.39, 0.29) is 12.1 Å². The first kappa shape index (κ1) is 14.4. The van der Waals surface area contributed by atoms with Crippen molar-refractivity contribution in [3.05, 3.63) is 24.2 Å². The minimum atomic E-state index is 0.0193. The van der Waals surface area contributed by atoms with Crippen molar-refractivity contribution in [2.45, 2.75) is 38.4 Å². The highest BCUT2D eigenvalue weighted by molar-refractivity contribution is 5.99. The fraction of sp³-hybridized carbons (Fsp3) is 0.562. The second-order valence-corrected chi connectivity index (χ2v) is 6.41. The molecule has 0 aromatic carbocycles. The standard InChI is InChI=1S/C16H22N6O/c1-10-13-7-11(14-4-5-18-21-14)8-22(12-3-2-6-23-9-12)15(13)20-16(17)19-10/h4-5,8,12-13,15H,2-3,6-7,9H2,1H3,(H2,17,20)(H,18,21)/t12-,13?,15?/m0/s1. The van der Waals surface area contributed by atoms with E-state index in [9.17, 15) is 0 Å². The zero-order chi connectivity index (χ0) is 15.8. The second kappa shape index (κ2) is 5.81. The number of ether oxygens (including phenoxy) is 1. The van der Waals surface area contributed by atoms with Gasteiger partial charge in [-0.15, -0.1) is 0 Å². The molecule has 4 rings (SSSR count). The largest absolute Gasteiger partial charge is 0.379 e. The summed E-state index contributed by atoms with van der Waals surface area (Å²) in [5, 5.41) is 7.16. The molecule has 1 aromatic heterocycles. The highest BCUT2D eigenvalue weighted by Crippen LogP contribution is 2.37. The summed E-state index contributed by atoms with van der Waals surface area (Å²) in [6.45, 7) is 3.63. The molecule has 7 nitrogen and oxygen atoms in total. The normalized spacial score (nSPS) is 31.1. The Morgan fingerprint density at radius 1 is 1.43 bits per heavy atom. The van der Waals surface area contributed by atoms with Crippen LogP contribution in [-0.2, 0) is 4.74 Å². The van der Waals surface area contributed by atoms with Crippen LogP contribution in [0.4, 0.5) is 0 Å². The van der Waals surface area contributed by atoms with Crippen molar-refractivity contribution in [3.8, 4) is 0 Å². The lowest BCUT2D eigenvalue weighted by molar-refractivity contribution is 0.0153. The minimum absolute atomic E-state index is 0.0193. The number of fused-ring (bicyclic) bond motifs is 1. The Labute approximate surface area is 135 Å². The molecule has 0 amide bonds. The maximum absolute atomic E-state index is 5.92. The molecule has 3 N–H and O–H groups in total. The molecule has 3 atom stereocenters. The van der Waals surface area contributed by atoms with E-state index < -0.39 is 0 Å². The summed E-state index contributed by atoms with van der Waals surface area (Å²) in [4.78, 5) is 11.4. The Balaban J connectivity index is 1.72. The highest BCUT2D eigenvalue weighted by Gasteiger charge is 2.39. The van der Waals surface area contributed by atoms with Gasteiger partial charge in [0.15, 0.2) is 0 Å². The summed E-state index contributed by atoms with van der Waals surface area (Å²) in [6.07, 6.45) is 7.10. The SMILES string of the molecule is CC1=NC(N)=NC2C1CC(c1ccn[nH]1)=CN2[C@H]1CCCOC1. The van der Waals surface area contributed by atoms with E-state index in [1.165, 1.54) is 5.57 Å². The van der Waals surface area contributed by atoms with Gasteiger partial charge < -0.3 is 15.4 Å². The van der Waals surface area contributed by atoms with E-state index in [1.54, 1.807) is 6.20 Å². The first-order valence-electron chi connectivity index (χ1n) is 8.16. The molecule has 4 heterocycles. The summed E-state index contributed by atoms with van der Waals surface area (Å²) < 4.78 is 5.69. The summed E-state index contributed by atoms with van der Waals surface area (Å²) in [6, 6.07) is 2.34. The van der Waals surface area contributed by atoms with Crippen LogP contribution < -0.4 is 5.73 Å². The van der Waals surface area contributed by atoms with E-state index in [1.807, 2.05) is 13.0 Å². The molecule has 0 spiro atoms. The molecular weight excluding hydrogens is 292 g/mol. The number of aliphatic imine (C=N–C) groups is 2. The first-order chi connectivity index (χ1) is 11.2. The quantitative estimate of drug-likeness (QED) is 0.862. The fourth-order valence-corrected chi connectivity index (χ4v) is 3.70. The van der Waals surface area contributed by atoms with Gasteiger partial charge in [0.1, 0.15) is 6.17 Å². The average Bonchev–Trinajstić information content (AvgIpc) is 3.09. The highest BCUT2D eigenvalue weighted by atomic mass is 16.5. The van der Waals surface area contributed by atoms with E-state index in [0.29, 0.717) is 12.0 Å². The number of nitrogens with one attached hydrogen (secondary N) is 1. The lowest BCUT2D eigenvalue weighted by Crippen LogP contribution is -2.51. The molecule has 2 unspecified atom stereocenters. The Hall–Kier alpha value is -2.15. The van der Waals surface area contributed by atoms with Crippen LogP contribution in [0.5, 0.6) is 0 Å². The number of rotatable bonds is 2. The van der Waals surface area contributed by atoms with Crippen LogP contribution in [0.25, 0.3) is 5.57 Å². The molecule has 1 fully saturated rings. The zero-order valence-electron chi connectivity index (χ0n) is 13.3. The summed E-state index contributed by atoms with van der Waals surface area (Å²) in [5.74, 6) is 0.622. The molecule has 1 aromatic rings. The number of allylic oxidation sites excluding steroid dienone is 1. The van der Waals surface area contributed by atoms with Crippen LogP contribution >= 0.6 is 0 Å². The van der Waals surface area contributed by atoms with Crippen LogP contribution in [0, 0.1) is 5.92 Å². The molecule has 0 saturated carbocycles. The van der Waals surface area contributed by atoms with Gasteiger partial charge in [-0.25, -0.2) is 9.98 Å². The van der Waals surface area contributed by atoms with Gasteiger partial charge in [0, 0.05) is 30.6 Å². The van der Waals surface area contributed by atoms with Gasteiger partial charge in [0.05, 0.1) is 18.3 Å². The number of nitrogens with two attached hydrogens (primary N) is 1. The topological polar surface area (TPSA) is 91.9 Å². The number of aromatic nitrogens is 2. The third-order valence-corrected chi connectivity index (χ3v) is 4.91. The van der Waals surface area contributed by atoms with Gasteiger partial charge in [0.2, 0.25) is 5.96 Å². The summed E-state index contributed by atoms with van der Waals surface area (Å²) in [7, 11) is 0. The van der Waals surface area contributed by atoms with Crippen LogP contribution in [0.3, 0.4) is 0 Å². The lowest BCUT2D eigenvalue weighted by Gasteiger charge is -2.45. The Bertz CT molecular complexity index is 656. The van der Waals surface area contributed by atoms with Crippen molar-refractivity contribution in [2.75, 3.05) is 13.2 Å².